The zero-order chi connectivity index (χ0) is 17.6. The van der Waals surface area contributed by atoms with Gasteiger partial charge in [0.1, 0.15) is 0 Å². The number of piperidine rings is 1. The van der Waals surface area contributed by atoms with E-state index in [1.54, 1.807) is 18.2 Å². The zero-order valence-electron chi connectivity index (χ0n) is 14.4. The number of aryl methyl sites for hydroxylation is 1. The molecule has 1 heterocycles. The Bertz CT molecular complexity index is 728. The third-order valence-corrected chi connectivity index (χ3v) is 5.33. The number of hydrogen-bond donors (Lipinski definition) is 2. The van der Waals surface area contributed by atoms with E-state index in [1.165, 1.54) is 24.8 Å². The molecule has 1 aliphatic heterocycles. The van der Waals surface area contributed by atoms with Crippen LogP contribution in [-0.2, 0) is 6.42 Å². The van der Waals surface area contributed by atoms with Crippen LogP contribution in [0.4, 0.5) is 5.69 Å². The summed E-state index contributed by atoms with van der Waals surface area (Å²) in [5.41, 5.74) is 2.55. The van der Waals surface area contributed by atoms with Crippen molar-refractivity contribution in [3.8, 4) is 0 Å². The second kappa shape index (κ2) is 10.2. The second-order valence-corrected chi connectivity index (χ2v) is 7.28. The van der Waals surface area contributed by atoms with Crippen LogP contribution in [0, 0.1) is 0 Å². The molecule has 1 saturated heterocycles. The fraction of sp³-hybridized carbons (Fsp3) is 0.350. The van der Waals surface area contributed by atoms with Gasteiger partial charge in [-0.05, 0) is 68.1 Å². The molecule has 3 nitrogen and oxygen atoms in total. The number of anilines is 1. The second-order valence-electron chi connectivity index (χ2n) is 6.47. The Kier molecular flexibility index (Phi) is 8.23. The first-order valence-electron chi connectivity index (χ1n) is 8.70. The molecule has 2 N–H and O–H groups in total. The van der Waals surface area contributed by atoms with Crippen LogP contribution in [0.1, 0.15) is 41.6 Å². The summed E-state index contributed by atoms with van der Waals surface area (Å²) in [5, 5.41) is 7.28. The minimum Gasteiger partial charge on any atom is -0.322 e. The number of halogens is 3. The Hall–Kier alpha value is -1.26. The first-order chi connectivity index (χ1) is 12.1. The summed E-state index contributed by atoms with van der Waals surface area (Å²) < 4.78 is 0. The minimum absolute atomic E-state index is 0. The van der Waals surface area contributed by atoms with Crippen molar-refractivity contribution >= 4 is 47.2 Å². The summed E-state index contributed by atoms with van der Waals surface area (Å²) in [5.74, 6) is -0.197. The van der Waals surface area contributed by atoms with Crippen molar-refractivity contribution in [1.82, 2.24) is 5.32 Å². The van der Waals surface area contributed by atoms with E-state index in [1.807, 2.05) is 12.1 Å². The van der Waals surface area contributed by atoms with Crippen molar-refractivity contribution < 1.29 is 4.79 Å². The largest absolute Gasteiger partial charge is 0.322 e. The molecule has 1 atom stereocenters. The molecule has 140 valence electrons. The number of benzene rings is 2. The Balaban J connectivity index is 0.00000243. The highest BCUT2D eigenvalue weighted by atomic mass is 35.5. The quantitative estimate of drug-likeness (QED) is 0.656. The van der Waals surface area contributed by atoms with Crippen molar-refractivity contribution in [1.29, 1.82) is 0 Å². The monoisotopic (exact) mass is 412 g/mol. The highest BCUT2D eigenvalue weighted by Crippen LogP contribution is 2.23. The molecule has 0 saturated carbocycles. The average molecular weight is 414 g/mol. The third-order valence-electron chi connectivity index (χ3n) is 4.59. The van der Waals surface area contributed by atoms with Crippen LogP contribution in [0.15, 0.2) is 42.5 Å². The molecule has 26 heavy (non-hydrogen) atoms. The number of amides is 1. The average Bonchev–Trinajstić information content (AvgIpc) is 2.64. The number of rotatable bonds is 5. The van der Waals surface area contributed by atoms with Gasteiger partial charge in [0.25, 0.3) is 5.91 Å². The topological polar surface area (TPSA) is 41.1 Å². The Morgan fingerprint density at radius 2 is 1.85 bits per heavy atom. The van der Waals surface area contributed by atoms with Gasteiger partial charge in [0.2, 0.25) is 0 Å². The molecule has 0 radical (unpaired) electrons. The molecule has 1 fully saturated rings. The summed E-state index contributed by atoms with van der Waals surface area (Å²) in [6.45, 7) is 1.14. The highest BCUT2D eigenvalue weighted by molar-refractivity contribution is 6.42. The van der Waals surface area contributed by atoms with Gasteiger partial charge in [-0.25, -0.2) is 0 Å². The smallest absolute Gasteiger partial charge is 0.255 e. The van der Waals surface area contributed by atoms with E-state index in [2.05, 4.69) is 22.8 Å². The van der Waals surface area contributed by atoms with E-state index in [9.17, 15) is 4.79 Å². The number of hydrogen-bond acceptors (Lipinski definition) is 2. The van der Waals surface area contributed by atoms with Crippen molar-refractivity contribution in [3.05, 3.63) is 63.6 Å². The van der Waals surface area contributed by atoms with E-state index in [0.717, 1.165) is 25.1 Å². The molecule has 3 rings (SSSR count). The van der Waals surface area contributed by atoms with Gasteiger partial charge in [-0.3, -0.25) is 4.79 Å². The van der Waals surface area contributed by atoms with E-state index < -0.39 is 0 Å². The Labute approximate surface area is 170 Å². The first-order valence-corrected chi connectivity index (χ1v) is 9.46. The van der Waals surface area contributed by atoms with Gasteiger partial charge in [-0.2, -0.15) is 0 Å². The first kappa shape index (κ1) is 21.0. The predicted octanol–water partition coefficient (Wildman–Crippen LogP) is 5.74. The van der Waals surface area contributed by atoms with Gasteiger partial charge in [0, 0.05) is 17.3 Å². The zero-order valence-corrected chi connectivity index (χ0v) is 16.8. The standard InChI is InChI=1S/C20H22Cl2N2O.ClH/c21-18-11-7-15(13-19(18)22)20(25)24-17-9-5-14(6-10-17)4-8-16-3-1-2-12-23-16;/h5-7,9-11,13,16,23H,1-4,8,12H2,(H,24,25);1H. The number of nitrogens with one attached hydrogen (secondary N) is 2. The van der Waals surface area contributed by atoms with Crippen LogP contribution in [-0.4, -0.2) is 18.5 Å². The molecule has 0 aromatic heterocycles. The lowest BCUT2D eigenvalue weighted by Gasteiger charge is -2.23. The summed E-state index contributed by atoms with van der Waals surface area (Å²) in [7, 11) is 0. The minimum atomic E-state index is -0.197. The van der Waals surface area contributed by atoms with Gasteiger partial charge in [0.05, 0.1) is 10.0 Å². The maximum Gasteiger partial charge on any atom is 0.255 e. The normalized spacial score (nSPS) is 16.6. The lowest BCUT2D eigenvalue weighted by Crippen LogP contribution is -2.34. The number of carbonyl (C=O) groups is 1. The molecule has 0 spiro atoms. The van der Waals surface area contributed by atoms with Crippen molar-refractivity contribution in [3.63, 3.8) is 0 Å². The van der Waals surface area contributed by atoms with Gasteiger partial charge in [0.15, 0.2) is 0 Å². The van der Waals surface area contributed by atoms with Crippen LogP contribution in [0.25, 0.3) is 0 Å². The maximum absolute atomic E-state index is 12.3. The van der Waals surface area contributed by atoms with Crippen LogP contribution in [0.2, 0.25) is 10.0 Å². The molecule has 0 aliphatic carbocycles. The summed E-state index contributed by atoms with van der Waals surface area (Å²) >= 11 is 11.8. The lowest BCUT2D eigenvalue weighted by molar-refractivity contribution is 0.102. The van der Waals surface area contributed by atoms with Gasteiger partial charge < -0.3 is 10.6 Å². The van der Waals surface area contributed by atoms with Crippen molar-refractivity contribution in [2.45, 2.75) is 38.1 Å². The molecule has 6 heteroatoms. The fourth-order valence-electron chi connectivity index (χ4n) is 3.11. The predicted molar refractivity (Wildman–Crippen MR) is 112 cm³/mol. The Morgan fingerprint density at radius 1 is 1.08 bits per heavy atom. The lowest BCUT2D eigenvalue weighted by atomic mass is 9.98. The van der Waals surface area contributed by atoms with Crippen molar-refractivity contribution in [2.75, 3.05) is 11.9 Å². The Morgan fingerprint density at radius 3 is 2.50 bits per heavy atom. The summed E-state index contributed by atoms with van der Waals surface area (Å²) in [6.07, 6.45) is 6.12. The molecule has 1 amide bonds. The number of carbonyl (C=O) groups excluding carboxylic acids is 1. The van der Waals surface area contributed by atoms with Crippen molar-refractivity contribution in [2.24, 2.45) is 0 Å². The summed E-state index contributed by atoms with van der Waals surface area (Å²) in [4.78, 5) is 12.3. The molecule has 2 aromatic carbocycles. The van der Waals surface area contributed by atoms with Gasteiger partial charge in [-0.1, -0.05) is 41.8 Å². The van der Waals surface area contributed by atoms with Gasteiger partial charge >= 0.3 is 0 Å². The van der Waals surface area contributed by atoms with E-state index in [4.69, 9.17) is 23.2 Å². The molecule has 2 aromatic rings. The fourth-order valence-corrected chi connectivity index (χ4v) is 3.40. The SMILES string of the molecule is Cl.O=C(Nc1ccc(CCC2CCCCN2)cc1)c1ccc(Cl)c(Cl)c1. The van der Waals surface area contributed by atoms with E-state index in [-0.39, 0.29) is 18.3 Å². The molecular weight excluding hydrogens is 391 g/mol. The molecule has 1 aliphatic rings. The van der Waals surface area contributed by atoms with Crippen LogP contribution >= 0.6 is 35.6 Å². The molecule has 0 bridgehead atoms. The maximum atomic E-state index is 12.3. The van der Waals surface area contributed by atoms with Gasteiger partial charge in [-0.15, -0.1) is 12.4 Å². The summed E-state index contributed by atoms with van der Waals surface area (Å²) in [6, 6.07) is 13.5. The molecule has 1 unspecified atom stereocenters. The highest BCUT2D eigenvalue weighted by Gasteiger charge is 2.12. The molecular formula is C20H23Cl3N2O. The van der Waals surface area contributed by atoms with E-state index >= 15 is 0 Å². The van der Waals surface area contributed by atoms with Crippen LogP contribution in [0.5, 0.6) is 0 Å². The third kappa shape index (κ3) is 5.88. The van der Waals surface area contributed by atoms with Crippen LogP contribution < -0.4 is 10.6 Å². The van der Waals surface area contributed by atoms with E-state index in [0.29, 0.717) is 21.7 Å². The van der Waals surface area contributed by atoms with Crippen LogP contribution in [0.3, 0.4) is 0 Å².